The average molecular weight is 262 g/mol. The van der Waals surface area contributed by atoms with Crippen LogP contribution < -0.4 is 0 Å². The van der Waals surface area contributed by atoms with Crippen molar-refractivity contribution < 1.29 is 9.84 Å². The first-order valence-corrected chi connectivity index (χ1v) is 7.16. The minimum absolute atomic E-state index is 0.0984. The maximum absolute atomic E-state index is 10.6. The first kappa shape index (κ1) is 14.5. The molecule has 1 heterocycles. The van der Waals surface area contributed by atoms with Crippen LogP contribution >= 0.6 is 0 Å². The average Bonchev–Trinajstić information content (AvgIpc) is 2.56. The molecule has 1 aliphatic heterocycles. The van der Waals surface area contributed by atoms with Crippen LogP contribution in [-0.4, -0.2) is 16.3 Å². The largest absolute Gasteiger partial charge is 0.388 e. The molecule has 2 nitrogen and oxygen atoms in total. The summed E-state index contributed by atoms with van der Waals surface area (Å²) >= 11 is 0. The number of benzene rings is 1. The summed E-state index contributed by atoms with van der Waals surface area (Å²) in [6.07, 6.45) is 0.563. The zero-order valence-electron chi connectivity index (χ0n) is 12.7. The van der Waals surface area contributed by atoms with Gasteiger partial charge in [-0.3, -0.25) is 0 Å². The van der Waals surface area contributed by atoms with Gasteiger partial charge >= 0.3 is 0 Å². The van der Waals surface area contributed by atoms with E-state index >= 15 is 0 Å². The van der Waals surface area contributed by atoms with Crippen LogP contribution in [-0.2, 0) is 4.74 Å². The van der Waals surface area contributed by atoms with Gasteiger partial charge in [0.25, 0.3) is 0 Å². The minimum Gasteiger partial charge on any atom is -0.388 e. The lowest BCUT2D eigenvalue weighted by Gasteiger charge is -2.33. The normalized spacial score (nSPS) is 28.0. The van der Waals surface area contributed by atoms with Crippen molar-refractivity contribution in [3.8, 4) is 0 Å². The summed E-state index contributed by atoms with van der Waals surface area (Å²) in [4.78, 5) is 0. The van der Waals surface area contributed by atoms with E-state index in [1.165, 1.54) is 0 Å². The van der Waals surface area contributed by atoms with Gasteiger partial charge in [0.1, 0.15) is 0 Å². The highest BCUT2D eigenvalue weighted by molar-refractivity contribution is 5.18. The third-order valence-corrected chi connectivity index (χ3v) is 4.42. The quantitative estimate of drug-likeness (QED) is 0.893. The molecule has 3 unspecified atom stereocenters. The summed E-state index contributed by atoms with van der Waals surface area (Å²) in [6, 6.07) is 9.92. The summed E-state index contributed by atoms with van der Waals surface area (Å²) in [5.74, 6) is 0.539. The number of aliphatic hydroxyl groups is 1. The molecule has 2 heteroatoms. The monoisotopic (exact) mass is 262 g/mol. The molecule has 0 bridgehead atoms. The number of hydrogen-bond acceptors (Lipinski definition) is 2. The molecule has 0 radical (unpaired) electrons. The fourth-order valence-corrected chi connectivity index (χ4v) is 3.60. The standard InChI is InChI=1S/C17H26O2/c1-12(15(18)13-9-7-6-8-10-13)14-11-16(2,3)19-17(14,4)5/h6-10,12,14-15,18H,11H2,1-5H3. The highest BCUT2D eigenvalue weighted by Gasteiger charge is 2.49. The van der Waals surface area contributed by atoms with Gasteiger partial charge in [0, 0.05) is 0 Å². The second kappa shape index (κ2) is 4.92. The van der Waals surface area contributed by atoms with E-state index in [-0.39, 0.29) is 17.1 Å². The van der Waals surface area contributed by atoms with Gasteiger partial charge in [-0.05, 0) is 51.5 Å². The topological polar surface area (TPSA) is 29.5 Å². The molecule has 0 aliphatic carbocycles. The molecule has 0 aromatic heterocycles. The van der Waals surface area contributed by atoms with Crippen molar-refractivity contribution in [1.29, 1.82) is 0 Å². The summed E-state index contributed by atoms with van der Waals surface area (Å²) in [5, 5.41) is 10.6. The number of hydrogen-bond donors (Lipinski definition) is 1. The molecular weight excluding hydrogens is 236 g/mol. The third-order valence-electron chi connectivity index (χ3n) is 4.42. The van der Waals surface area contributed by atoms with Gasteiger partial charge in [-0.15, -0.1) is 0 Å². The summed E-state index contributed by atoms with van der Waals surface area (Å²) in [7, 11) is 0. The van der Waals surface area contributed by atoms with E-state index in [2.05, 4.69) is 34.6 Å². The number of aliphatic hydroxyl groups excluding tert-OH is 1. The Morgan fingerprint density at radius 1 is 1.16 bits per heavy atom. The lowest BCUT2D eigenvalue weighted by molar-refractivity contribution is -0.0859. The van der Waals surface area contributed by atoms with Crippen LogP contribution in [0.2, 0.25) is 0 Å². The molecular formula is C17H26O2. The van der Waals surface area contributed by atoms with Crippen LogP contribution in [0.15, 0.2) is 30.3 Å². The summed E-state index contributed by atoms with van der Waals surface area (Å²) < 4.78 is 6.14. The fourth-order valence-electron chi connectivity index (χ4n) is 3.60. The Kier molecular flexibility index (Phi) is 3.76. The molecule has 1 aromatic rings. The van der Waals surface area contributed by atoms with E-state index in [1.807, 2.05) is 30.3 Å². The summed E-state index contributed by atoms with van der Waals surface area (Å²) in [5.41, 5.74) is 0.716. The maximum atomic E-state index is 10.6. The van der Waals surface area contributed by atoms with Gasteiger partial charge < -0.3 is 9.84 Å². The SMILES string of the molecule is CC(C(O)c1ccccc1)C1CC(C)(C)OC1(C)C. The predicted octanol–water partition coefficient (Wildman–Crippen LogP) is 3.95. The molecule has 0 amide bonds. The zero-order valence-corrected chi connectivity index (χ0v) is 12.7. The molecule has 3 atom stereocenters. The van der Waals surface area contributed by atoms with E-state index in [4.69, 9.17) is 4.74 Å². The van der Waals surface area contributed by atoms with Gasteiger partial charge in [0.15, 0.2) is 0 Å². The number of rotatable bonds is 3. The molecule has 1 N–H and O–H groups in total. The molecule has 1 fully saturated rings. The van der Waals surface area contributed by atoms with Crippen LogP contribution in [0.1, 0.15) is 52.7 Å². The minimum atomic E-state index is -0.428. The van der Waals surface area contributed by atoms with Crippen molar-refractivity contribution in [2.24, 2.45) is 11.8 Å². The van der Waals surface area contributed by atoms with E-state index in [1.54, 1.807) is 0 Å². The van der Waals surface area contributed by atoms with Crippen molar-refractivity contribution in [3.05, 3.63) is 35.9 Å². The van der Waals surface area contributed by atoms with E-state index in [0.29, 0.717) is 5.92 Å². The smallest absolute Gasteiger partial charge is 0.0819 e. The number of ether oxygens (including phenoxy) is 1. The Bertz CT molecular complexity index is 422. The van der Waals surface area contributed by atoms with Gasteiger partial charge in [0.2, 0.25) is 0 Å². The van der Waals surface area contributed by atoms with Crippen molar-refractivity contribution in [2.75, 3.05) is 0 Å². The Labute approximate surface area is 116 Å². The highest BCUT2D eigenvalue weighted by atomic mass is 16.5. The molecule has 106 valence electrons. The van der Waals surface area contributed by atoms with Crippen LogP contribution in [0.3, 0.4) is 0 Å². The Balaban J connectivity index is 2.18. The van der Waals surface area contributed by atoms with Crippen molar-refractivity contribution in [1.82, 2.24) is 0 Å². The molecule has 0 saturated carbocycles. The molecule has 1 aliphatic rings. The Morgan fingerprint density at radius 3 is 2.21 bits per heavy atom. The van der Waals surface area contributed by atoms with E-state index < -0.39 is 6.10 Å². The zero-order chi connectivity index (χ0) is 14.3. The van der Waals surface area contributed by atoms with E-state index in [9.17, 15) is 5.11 Å². The maximum Gasteiger partial charge on any atom is 0.0819 e. The molecule has 19 heavy (non-hydrogen) atoms. The lowest BCUT2D eigenvalue weighted by atomic mass is 9.75. The molecule has 1 aromatic carbocycles. The lowest BCUT2D eigenvalue weighted by Crippen LogP contribution is -2.34. The van der Waals surface area contributed by atoms with Gasteiger partial charge in [0.05, 0.1) is 17.3 Å². The van der Waals surface area contributed by atoms with Crippen LogP contribution in [0.4, 0.5) is 0 Å². The molecule has 0 spiro atoms. The highest BCUT2D eigenvalue weighted by Crippen LogP contribution is 2.48. The van der Waals surface area contributed by atoms with Crippen molar-refractivity contribution in [3.63, 3.8) is 0 Å². The fraction of sp³-hybridized carbons (Fsp3) is 0.647. The van der Waals surface area contributed by atoms with Crippen LogP contribution in [0, 0.1) is 11.8 Å². The molecule has 2 rings (SSSR count). The molecule has 1 saturated heterocycles. The predicted molar refractivity (Wildman–Crippen MR) is 77.9 cm³/mol. The second-order valence-corrected chi connectivity index (χ2v) is 6.99. The Morgan fingerprint density at radius 2 is 1.74 bits per heavy atom. The van der Waals surface area contributed by atoms with Crippen molar-refractivity contribution >= 4 is 0 Å². The van der Waals surface area contributed by atoms with Crippen LogP contribution in [0.5, 0.6) is 0 Å². The first-order valence-electron chi connectivity index (χ1n) is 7.16. The van der Waals surface area contributed by atoms with Gasteiger partial charge in [-0.2, -0.15) is 0 Å². The van der Waals surface area contributed by atoms with E-state index in [0.717, 1.165) is 12.0 Å². The first-order chi connectivity index (χ1) is 8.73. The second-order valence-electron chi connectivity index (χ2n) is 6.99. The van der Waals surface area contributed by atoms with Gasteiger partial charge in [-0.1, -0.05) is 37.3 Å². The summed E-state index contributed by atoms with van der Waals surface area (Å²) in [6.45, 7) is 10.7. The van der Waals surface area contributed by atoms with Crippen molar-refractivity contribution in [2.45, 2.75) is 58.3 Å². The van der Waals surface area contributed by atoms with Crippen LogP contribution in [0.25, 0.3) is 0 Å². The van der Waals surface area contributed by atoms with Gasteiger partial charge in [-0.25, -0.2) is 0 Å². The third kappa shape index (κ3) is 3.01. The Hall–Kier alpha value is -0.860.